The van der Waals surface area contributed by atoms with Crippen molar-refractivity contribution in [3.63, 3.8) is 0 Å². The van der Waals surface area contributed by atoms with Crippen LogP contribution in [0, 0.1) is 5.92 Å². The molecule has 0 unspecified atom stereocenters. The molecule has 0 spiro atoms. The van der Waals surface area contributed by atoms with Crippen LogP contribution in [0.25, 0.3) is 0 Å². The monoisotopic (exact) mass is 246 g/mol. The summed E-state index contributed by atoms with van der Waals surface area (Å²) in [6, 6.07) is 0. The quantitative estimate of drug-likeness (QED) is 0.554. The Kier molecular flexibility index (Phi) is 4.53. The summed E-state index contributed by atoms with van der Waals surface area (Å²) in [5.41, 5.74) is 0.830. The van der Waals surface area contributed by atoms with E-state index in [9.17, 15) is 13.2 Å². The first-order chi connectivity index (χ1) is 7.43. The van der Waals surface area contributed by atoms with Crippen molar-refractivity contribution in [1.82, 2.24) is 0 Å². The summed E-state index contributed by atoms with van der Waals surface area (Å²) < 4.78 is 27.0. The molecule has 5 heteroatoms. The Bertz CT molecular complexity index is 355. The van der Waals surface area contributed by atoms with Gasteiger partial charge in [-0.15, -0.1) is 0 Å². The third-order valence-electron chi connectivity index (χ3n) is 2.87. The largest absolute Gasteiger partial charge is 0.469 e. The SMILES string of the molecule is C=C(CC(=O)OC)CC1CCS(=O)(=O)CC1. The molecule has 92 valence electrons. The van der Waals surface area contributed by atoms with Gasteiger partial charge < -0.3 is 4.74 Å². The van der Waals surface area contributed by atoms with Crippen LogP contribution in [0.4, 0.5) is 0 Å². The molecule has 0 bridgehead atoms. The molecular weight excluding hydrogens is 228 g/mol. The van der Waals surface area contributed by atoms with Crippen molar-refractivity contribution >= 4 is 15.8 Å². The molecule has 0 aromatic rings. The molecule has 16 heavy (non-hydrogen) atoms. The highest BCUT2D eigenvalue weighted by Gasteiger charge is 2.24. The Balaban J connectivity index is 2.34. The molecular formula is C11H18O4S. The van der Waals surface area contributed by atoms with Gasteiger partial charge in [-0.25, -0.2) is 8.42 Å². The van der Waals surface area contributed by atoms with Crippen molar-refractivity contribution < 1.29 is 17.9 Å². The zero-order chi connectivity index (χ0) is 12.2. The fourth-order valence-electron chi connectivity index (χ4n) is 1.90. The Labute approximate surface area is 96.6 Å². The maximum Gasteiger partial charge on any atom is 0.309 e. The van der Waals surface area contributed by atoms with Crippen molar-refractivity contribution in [3.8, 4) is 0 Å². The van der Waals surface area contributed by atoms with E-state index in [1.54, 1.807) is 0 Å². The summed E-state index contributed by atoms with van der Waals surface area (Å²) in [7, 11) is -1.45. The molecule has 0 aromatic carbocycles. The summed E-state index contributed by atoms with van der Waals surface area (Å²) >= 11 is 0. The Morgan fingerprint density at radius 1 is 1.38 bits per heavy atom. The molecule has 1 fully saturated rings. The first kappa shape index (κ1) is 13.2. The van der Waals surface area contributed by atoms with Crippen LogP contribution in [0.5, 0.6) is 0 Å². The zero-order valence-electron chi connectivity index (χ0n) is 9.57. The van der Waals surface area contributed by atoms with Crippen LogP contribution in [0.2, 0.25) is 0 Å². The number of ether oxygens (including phenoxy) is 1. The van der Waals surface area contributed by atoms with E-state index >= 15 is 0 Å². The summed E-state index contributed by atoms with van der Waals surface area (Å²) in [6.45, 7) is 3.82. The van der Waals surface area contributed by atoms with E-state index in [1.807, 2.05) is 0 Å². The lowest BCUT2D eigenvalue weighted by atomic mass is 9.93. The Morgan fingerprint density at radius 2 is 1.94 bits per heavy atom. The second-order valence-electron chi connectivity index (χ2n) is 4.30. The third-order valence-corrected chi connectivity index (χ3v) is 4.59. The van der Waals surface area contributed by atoms with Crippen molar-refractivity contribution in [2.75, 3.05) is 18.6 Å². The van der Waals surface area contributed by atoms with E-state index in [0.29, 0.717) is 18.8 Å². The fourth-order valence-corrected chi connectivity index (χ4v) is 3.49. The Hall–Kier alpha value is -0.840. The van der Waals surface area contributed by atoms with Gasteiger partial charge in [-0.05, 0) is 25.2 Å². The van der Waals surface area contributed by atoms with Crippen LogP contribution < -0.4 is 0 Å². The number of methoxy groups -OCH3 is 1. The summed E-state index contributed by atoms with van der Waals surface area (Å²) in [4.78, 5) is 11.0. The lowest BCUT2D eigenvalue weighted by Crippen LogP contribution is -2.23. The predicted molar refractivity (Wildman–Crippen MR) is 61.8 cm³/mol. The molecule has 0 N–H and O–H groups in total. The van der Waals surface area contributed by atoms with Crippen LogP contribution >= 0.6 is 0 Å². The van der Waals surface area contributed by atoms with Crippen LogP contribution in [-0.4, -0.2) is 33.0 Å². The highest BCUT2D eigenvalue weighted by molar-refractivity contribution is 7.91. The molecule has 4 nitrogen and oxygen atoms in total. The van der Waals surface area contributed by atoms with E-state index < -0.39 is 9.84 Å². The van der Waals surface area contributed by atoms with Gasteiger partial charge in [-0.1, -0.05) is 12.2 Å². The predicted octanol–water partition coefficient (Wildman–Crippen LogP) is 1.32. The molecule has 0 radical (unpaired) electrons. The van der Waals surface area contributed by atoms with Gasteiger partial charge in [0.2, 0.25) is 0 Å². The van der Waals surface area contributed by atoms with Gasteiger partial charge >= 0.3 is 5.97 Å². The summed E-state index contributed by atoms with van der Waals surface area (Å²) in [6.07, 6.45) is 2.33. The number of esters is 1. The highest BCUT2D eigenvalue weighted by Crippen LogP contribution is 2.25. The summed E-state index contributed by atoms with van der Waals surface area (Å²) in [5.74, 6) is 0.598. The molecule has 0 aliphatic carbocycles. The minimum absolute atomic E-state index is 0.236. The van der Waals surface area contributed by atoms with E-state index in [0.717, 1.165) is 12.0 Å². The van der Waals surface area contributed by atoms with Crippen molar-refractivity contribution in [1.29, 1.82) is 0 Å². The number of hydrogen-bond donors (Lipinski definition) is 0. The van der Waals surface area contributed by atoms with Crippen LogP contribution in [0.3, 0.4) is 0 Å². The molecule has 0 aromatic heterocycles. The Morgan fingerprint density at radius 3 is 2.44 bits per heavy atom. The average molecular weight is 246 g/mol. The lowest BCUT2D eigenvalue weighted by molar-refractivity contribution is -0.139. The van der Waals surface area contributed by atoms with Gasteiger partial charge in [0.1, 0.15) is 9.84 Å². The molecule has 1 rings (SSSR count). The summed E-state index contributed by atoms with van der Waals surface area (Å²) in [5, 5.41) is 0. The molecule has 0 amide bonds. The number of hydrogen-bond acceptors (Lipinski definition) is 4. The van der Waals surface area contributed by atoms with E-state index in [-0.39, 0.29) is 23.9 Å². The number of carbonyl (C=O) groups excluding carboxylic acids is 1. The molecule has 1 aliphatic rings. The third kappa shape index (κ3) is 4.35. The van der Waals surface area contributed by atoms with Gasteiger partial charge in [0.05, 0.1) is 25.0 Å². The smallest absolute Gasteiger partial charge is 0.309 e. The molecule has 1 aliphatic heterocycles. The first-order valence-electron chi connectivity index (χ1n) is 5.37. The lowest BCUT2D eigenvalue weighted by Gasteiger charge is -2.22. The molecule has 1 saturated heterocycles. The van der Waals surface area contributed by atoms with Gasteiger partial charge in [0, 0.05) is 0 Å². The number of carbonyl (C=O) groups is 1. The van der Waals surface area contributed by atoms with E-state index in [4.69, 9.17) is 0 Å². The standard InChI is InChI=1S/C11H18O4S/c1-9(8-11(12)15-2)7-10-3-5-16(13,14)6-4-10/h10H,1,3-8H2,2H3. The minimum Gasteiger partial charge on any atom is -0.469 e. The van der Waals surface area contributed by atoms with Crippen molar-refractivity contribution in [3.05, 3.63) is 12.2 Å². The van der Waals surface area contributed by atoms with Crippen molar-refractivity contribution in [2.45, 2.75) is 25.7 Å². The van der Waals surface area contributed by atoms with E-state index in [1.165, 1.54) is 7.11 Å². The van der Waals surface area contributed by atoms with Gasteiger partial charge in [0.25, 0.3) is 0 Å². The van der Waals surface area contributed by atoms with Crippen LogP contribution in [0.1, 0.15) is 25.7 Å². The maximum absolute atomic E-state index is 11.2. The average Bonchev–Trinajstić information content (AvgIpc) is 2.21. The van der Waals surface area contributed by atoms with Crippen LogP contribution in [-0.2, 0) is 19.4 Å². The molecule has 0 saturated carbocycles. The second-order valence-corrected chi connectivity index (χ2v) is 6.61. The first-order valence-corrected chi connectivity index (χ1v) is 7.19. The van der Waals surface area contributed by atoms with Crippen LogP contribution in [0.15, 0.2) is 12.2 Å². The van der Waals surface area contributed by atoms with Gasteiger partial charge in [0.15, 0.2) is 0 Å². The topological polar surface area (TPSA) is 60.4 Å². The number of sulfone groups is 1. The second kappa shape index (κ2) is 5.48. The van der Waals surface area contributed by atoms with E-state index in [2.05, 4.69) is 11.3 Å². The zero-order valence-corrected chi connectivity index (χ0v) is 10.4. The maximum atomic E-state index is 11.2. The van der Waals surface area contributed by atoms with Crippen molar-refractivity contribution in [2.24, 2.45) is 5.92 Å². The van der Waals surface area contributed by atoms with Gasteiger partial charge in [-0.3, -0.25) is 4.79 Å². The minimum atomic E-state index is -2.80. The van der Waals surface area contributed by atoms with Gasteiger partial charge in [-0.2, -0.15) is 0 Å². The molecule has 1 heterocycles. The fraction of sp³-hybridized carbons (Fsp3) is 0.727. The highest BCUT2D eigenvalue weighted by atomic mass is 32.2. The normalized spacial score (nSPS) is 20.3. The molecule has 0 atom stereocenters. The number of rotatable bonds is 4.